The molecule has 94 valence electrons. The Labute approximate surface area is 101 Å². The molecule has 1 saturated heterocycles. The Morgan fingerprint density at radius 2 is 2.12 bits per heavy atom. The van der Waals surface area contributed by atoms with E-state index in [0.29, 0.717) is 12.2 Å². The molecule has 0 amide bonds. The molecule has 1 aliphatic rings. The standard InChI is InChI=1S/C13H18FNO2/c14-12-9-10(5-8-16)1-2-13(12)17-11-3-6-15-7-4-11/h1-2,9,11,15-16H,3-8H2. The maximum absolute atomic E-state index is 13.7. The third-order valence-electron chi connectivity index (χ3n) is 2.98. The van der Waals surface area contributed by atoms with Gasteiger partial charge in [-0.15, -0.1) is 0 Å². The molecule has 0 unspecified atom stereocenters. The van der Waals surface area contributed by atoms with E-state index in [9.17, 15) is 4.39 Å². The van der Waals surface area contributed by atoms with Crippen LogP contribution in [0.1, 0.15) is 18.4 Å². The smallest absolute Gasteiger partial charge is 0.165 e. The average molecular weight is 239 g/mol. The highest BCUT2D eigenvalue weighted by Crippen LogP contribution is 2.22. The van der Waals surface area contributed by atoms with E-state index in [1.165, 1.54) is 6.07 Å². The van der Waals surface area contributed by atoms with Crippen molar-refractivity contribution in [2.75, 3.05) is 19.7 Å². The van der Waals surface area contributed by atoms with E-state index in [1.54, 1.807) is 12.1 Å². The van der Waals surface area contributed by atoms with Crippen LogP contribution in [0.25, 0.3) is 0 Å². The summed E-state index contributed by atoms with van der Waals surface area (Å²) >= 11 is 0. The molecular weight excluding hydrogens is 221 g/mol. The van der Waals surface area contributed by atoms with Crippen LogP contribution in [0.5, 0.6) is 5.75 Å². The third-order valence-corrected chi connectivity index (χ3v) is 2.98. The molecule has 0 bridgehead atoms. The van der Waals surface area contributed by atoms with Crippen molar-refractivity contribution < 1.29 is 14.2 Å². The Bertz CT molecular complexity index is 364. The monoisotopic (exact) mass is 239 g/mol. The van der Waals surface area contributed by atoms with Crippen molar-refractivity contribution >= 4 is 0 Å². The Morgan fingerprint density at radius 1 is 1.35 bits per heavy atom. The molecule has 1 fully saturated rings. The molecule has 3 nitrogen and oxygen atoms in total. The first-order valence-electron chi connectivity index (χ1n) is 6.06. The minimum atomic E-state index is -0.338. The Kier molecular flexibility index (Phi) is 4.34. The zero-order valence-corrected chi connectivity index (χ0v) is 9.79. The summed E-state index contributed by atoms with van der Waals surface area (Å²) < 4.78 is 19.3. The van der Waals surface area contributed by atoms with E-state index in [0.717, 1.165) is 31.5 Å². The van der Waals surface area contributed by atoms with E-state index in [2.05, 4.69) is 5.32 Å². The maximum Gasteiger partial charge on any atom is 0.165 e. The summed E-state index contributed by atoms with van der Waals surface area (Å²) in [4.78, 5) is 0. The van der Waals surface area contributed by atoms with Crippen LogP contribution < -0.4 is 10.1 Å². The van der Waals surface area contributed by atoms with Crippen LogP contribution in [-0.4, -0.2) is 30.9 Å². The SMILES string of the molecule is OCCc1ccc(OC2CCNCC2)c(F)c1. The summed E-state index contributed by atoms with van der Waals surface area (Å²) in [6.45, 7) is 1.89. The molecule has 1 heterocycles. The summed E-state index contributed by atoms with van der Waals surface area (Å²) in [5.41, 5.74) is 0.794. The molecule has 1 aliphatic heterocycles. The van der Waals surface area contributed by atoms with E-state index in [-0.39, 0.29) is 18.5 Å². The molecule has 2 N–H and O–H groups in total. The fourth-order valence-corrected chi connectivity index (χ4v) is 2.02. The van der Waals surface area contributed by atoms with Crippen molar-refractivity contribution in [3.63, 3.8) is 0 Å². The summed E-state index contributed by atoms with van der Waals surface area (Å²) in [6.07, 6.45) is 2.41. The number of benzene rings is 1. The van der Waals surface area contributed by atoms with Gasteiger partial charge in [-0.05, 0) is 50.0 Å². The van der Waals surface area contributed by atoms with Gasteiger partial charge in [-0.3, -0.25) is 0 Å². The van der Waals surface area contributed by atoms with Crippen LogP contribution in [0, 0.1) is 5.82 Å². The van der Waals surface area contributed by atoms with Gasteiger partial charge in [0.15, 0.2) is 11.6 Å². The van der Waals surface area contributed by atoms with Gasteiger partial charge in [0, 0.05) is 6.61 Å². The molecule has 0 saturated carbocycles. The lowest BCUT2D eigenvalue weighted by Crippen LogP contribution is -2.34. The molecule has 0 spiro atoms. The highest BCUT2D eigenvalue weighted by molar-refractivity contribution is 5.29. The minimum absolute atomic E-state index is 0.0357. The van der Waals surface area contributed by atoms with E-state index in [1.807, 2.05) is 0 Å². The fraction of sp³-hybridized carbons (Fsp3) is 0.538. The summed E-state index contributed by atoms with van der Waals surface area (Å²) in [5, 5.41) is 12.0. The zero-order valence-electron chi connectivity index (χ0n) is 9.79. The van der Waals surface area contributed by atoms with Gasteiger partial charge in [0.05, 0.1) is 0 Å². The predicted octanol–water partition coefficient (Wildman–Crippen LogP) is 1.49. The van der Waals surface area contributed by atoms with Crippen molar-refractivity contribution in [2.24, 2.45) is 0 Å². The topological polar surface area (TPSA) is 41.5 Å². The first kappa shape index (κ1) is 12.3. The molecule has 2 rings (SSSR count). The number of rotatable bonds is 4. The minimum Gasteiger partial charge on any atom is -0.487 e. The number of hydrogen-bond donors (Lipinski definition) is 2. The van der Waals surface area contributed by atoms with Crippen molar-refractivity contribution in [3.05, 3.63) is 29.6 Å². The lowest BCUT2D eigenvalue weighted by atomic mass is 10.1. The summed E-state index contributed by atoms with van der Waals surface area (Å²) in [5.74, 6) is -0.0203. The van der Waals surface area contributed by atoms with Crippen molar-refractivity contribution in [2.45, 2.75) is 25.4 Å². The van der Waals surface area contributed by atoms with Crippen LogP contribution in [0.3, 0.4) is 0 Å². The molecule has 1 aromatic carbocycles. The second-order valence-electron chi connectivity index (χ2n) is 4.31. The average Bonchev–Trinajstić information content (AvgIpc) is 2.34. The van der Waals surface area contributed by atoms with Gasteiger partial charge < -0.3 is 15.2 Å². The molecule has 0 atom stereocenters. The number of halogens is 1. The number of ether oxygens (including phenoxy) is 1. The van der Waals surface area contributed by atoms with Crippen LogP contribution in [0.15, 0.2) is 18.2 Å². The maximum atomic E-state index is 13.7. The number of aliphatic hydroxyl groups excluding tert-OH is 1. The molecule has 0 aliphatic carbocycles. The van der Waals surface area contributed by atoms with Gasteiger partial charge in [-0.1, -0.05) is 6.07 Å². The fourth-order valence-electron chi connectivity index (χ4n) is 2.02. The highest BCUT2D eigenvalue weighted by atomic mass is 19.1. The molecule has 0 radical (unpaired) electrons. The number of aliphatic hydroxyl groups is 1. The highest BCUT2D eigenvalue weighted by Gasteiger charge is 2.16. The lowest BCUT2D eigenvalue weighted by molar-refractivity contribution is 0.156. The Balaban J connectivity index is 2.00. The predicted molar refractivity (Wildman–Crippen MR) is 63.7 cm³/mol. The normalized spacial score (nSPS) is 17.1. The zero-order chi connectivity index (χ0) is 12.1. The van der Waals surface area contributed by atoms with Crippen molar-refractivity contribution in [1.29, 1.82) is 0 Å². The van der Waals surface area contributed by atoms with E-state index >= 15 is 0 Å². The first-order valence-corrected chi connectivity index (χ1v) is 6.06. The van der Waals surface area contributed by atoms with Crippen molar-refractivity contribution in [1.82, 2.24) is 5.32 Å². The van der Waals surface area contributed by atoms with Gasteiger partial charge in [0.25, 0.3) is 0 Å². The first-order chi connectivity index (χ1) is 8.29. The van der Waals surface area contributed by atoms with Crippen LogP contribution in [-0.2, 0) is 6.42 Å². The second kappa shape index (κ2) is 5.98. The van der Waals surface area contributed by atoms with E-state index < -0.39 is 0 Å². The number of piperidine rings is 1. The lowest BCUT2D eigenvalue weighted by Gasteiger charge is -2.24. The molecule has 4 heteroatoms. The number of hydrogen-bond acceptors (Lipinski definition) is 3. The van der Waals surface area contributed by atoms with E-state index in [4.69, 9.17) is 9.84 Å². The molecule has 0 aromatic heterocycles. The summed E-state index contributed by atoms with van der Waals surface area (Å²) in [7, 11) is 0. The molecular formula is C13H18FNO2. The van der Waals surface area contributed by atoms with Crippen LogP contribution in [0.4, 0.5) is 4.39 Å². The Morgan fingerprint density at radius 3 is 2.76 bits per heavy atom. The second-order valence-corrected chi connectivity index (χ2v) is 4.31. The summed E-state index contributed by atoms with van der Waals surface area (Å²) in [6, 6.07) is 4.89. The van der Waals surface area contributed by atoms with Crippen molar-refractivity contribution in [3.8, 4) is 5.75 Å². The third kappa shape index (κ3) is 3.41. The van der Waals surface area contributed by atoms with Crippen LogP contribution >= 0.6 is 0 Å². The van der Waals surface area contributed by atoms with Gasteiger partial charge in [-0.25, -0.2) is 4.39 Å². The molecule has 1 aromatic rings. The van der Waals surface area contributed by atoms with Gasteiger partial charge in [0.2, 0.25) is 0 Å². The van der Waals surface area contributed by atoms with Gasteiger partial charge in [-0.2, -0.15) is 0 Å². The largest absolute Gasteiger partial charge is 0.487 e. The quantitative estimate of drug-likeness (QED) is 0.836. The van der Waals surface area contributed by atoms with Crippen LogP contribution in [0.2, 0.25) is 0 Å². The Hall–Kier alpha value is -1.13. The number of nitrogens with one attached hydrogen (secondary N) is 1. The van der Waals surface area contributed by atoms with Gasteiger partial charge >= 0.3 is 0 Å². The van der Waals surface area contributed by atoms with Gasteiger partial charge in [0.1, 0.15) is 6.10 Å². The molecule has 17 heavy (non-hydrogen) atoms.